The molecule has 0 fully saturated rings. The number of halogens is 2. The van der Waals surface area contributed by atoms with Gasteiger partial charge in [-0.05, 0) is 20.3 Å². The first-order chi connectivity index (χ1) is 10.3. The number of rotatable bonds is 1. The number of allylic oxidation sites excluding steroid dienone is 4. The van der Waals surface area contributed by atoms with E-state index in [2.05, 4.69) is 74.5 Å². The van der Waals surface area contributed by atoms with Crippen molar-refractivity contribution in [2.24, 2.45) is 0 Å². The van der Waals surface area contributed by atoms with Gasteiger partial charge in [0.2, 0.25) is 0 Å². The molecule has 0 unspecified atom stereocenters. The molecule has 2 aliphatic rings. The van der Waals surface area contributed by atoms with E-state index in [1.807, 2.05) is 0 Å². The van der Waals surface area contributed by atoms with Gasteiger partial charge in [-0.1, -0.05) is 70.5 Å². The zero-order valence-electron chi connectivity index (χ0n) is 13.7. The first-order valence-corrected chi connectivity index (χ1v) is 7.46. The van der Waals surface area contributed by atoms with Crippen LogP contribution in [0.25, 0.3) is 17.2 Å². The molecule has 2 aromatic rings. The molecule has 4 rings (SSSR count). The van der Waals surface area contributed by atoms with Crippen LogP contribution in [0, 0.1) is 10.4 Å². The summed E-state index contributed by atoms with van der Waals surface area (Å²) >= 11 is 0. The van der Waals surface area contributed by atoms with Crippen molar-refractivity contribution in [3.63, 3.8) is 0 Å². The molecule has 0 heterocycles. The van der Waals surface area contributed by atoms with Gasteiger partial charge >= 0.3 is 26.2 Å². The Balaban J connectivity index is 0.000000960. The number of benzene rings is 2. The Bertz CT molecular complexity index is 1030. The molecule has 0 aliphatic heterocycles. The van der Waals surface area contributed by atoms with Crippen LogP contribution in [0.15, 0.2) is 54.6 Å². The predicted molar refractivity (Wildman–Crippen MR) is 88.8 cm³/mol. The molecule has 0 amide bonds. The number of fused-ring (bicyclic) bond motifs is 2. The molecule has 0 saturated carbocycles. The Kier molecular flexibility index (Phi) is 7.48. The zero-order chi connectivity index (χ0) is 14.4. The number of hydrogen-bond donors (Lipinski definition) is 0. The van der Waals surface area contributed by atoms with Crippen LogP contribution in [-0.4, -0.2) is 0 Å². The van der Waals surface area contributed by atoms with Crippen LogP contribution in [0.1, 0.15) is 31.4 Å². The SMILES string of the molecule is CC(C)=c1ccc2c(c1C1=CC=CC1)[C-]=c1ccccc1=2.[Cl-].[Cl-].[Zr+3]. The summed E-state index contributed by atoms with van der Waals surface area (Å²) in [7, 11) is 0. The maximum absolute atomic E-state index is 3.64. The molecule has 0 nitrogen and oxygen atoms in total. The van der Waals surface area contributed by atoms with Crippen LogP contribution in [0.5, 0.6) is 0 Å². The zero-order valence-corrected chi connectivity index (χ0v) is 17.6. The van der Waals surface area contributed by atoms with E-state index in [0.717, 1.165) is 6.42 Å². The summed E-state index contributed by atoms with van der Waals surface area (Å²) in [6, 6.07) is 13.1. The third-order valence-corrected chi connectivity index (χ3v) is 4.31. The first-order valence-electron chi connectivity index (χ1n) is 7.46. The van der Waals surface area contributed by atoms with Gasteiger partial charge in [-0.2, -0.15) is 0 Å². The normalized spacial score (nSPS) is 12.7. The van der Waals surface area contributed by atoms with Crippen LogP contribution >= 0.6 is 0 Å². The van der Waals surface area contributed by atoms with Crippen molar-refractivity contribution < 1.29 is 51.0 Å². The summed E-state index contributed by atoms with van der Waals surface area (Å²) < 4.78 is 0. The molecule has 0 saturated heterocycles. The molecule has 119 valence electrons. The van der Waals surface area contributed by atoms with Gasteiger partial charge in [0.15, 0.2) is 0 Å². The van der Waals surface area contributed by atoms with Gasteiger partial charge in [0.25, 0.3) is 0 Å². The largest absolute Gasteiger partial charge is 3.00 e. The number of hydrogen-bond acceptors (Lipinski definition) is 0. The fraction of sp³-hybridized carbons (Fsp3) is 0.143. The van der Waals surface area contributed by atoms with E-state index in [4.69, 9.17) is 0 Å². The van der Waals surface area contributed by atoms with Crippen molar-refractivity contribution in [2.75, 3.05) is 0 Å². The molecule has 0 N–H and O–H groups in total. The van der Waals surface area contributed by atoms with E-state index in [0.29, 0.717) is 0 Å². The minimum Gasteiger partial charge on any atom is -1.00 e. The maximum atomic E-state index is 3.64. The second-order valence-electron chi connectivity index (χ2n) is 5.91. The summed E-state index contributed by atoms with van der Waals surface area (Å²) in [5.41, 5.74) is 5.40. The summed E-state index contributed by atoms with van der Waals surface area (Å²) in [5.74, 6) is 0. The van der Waals surface area contributed by atoms with E-state index in [9.17, 15) is 0 Å². The van der Waals surface area contributed by atoms with E-state index in [1.165, 1.54) is 43.1 Å². The monoisotopic (exact) mass is 429 g/mol. The molecule has 0 aromatic heterocycles. The summed E-state index contributed by atoms with van der Waals surface area (Å²) in [4.78, 5) is 0. The molecule has 2 aliphatic carbocycles. The van der Waals surface area contributed by atoms with Gasteiger partial charge in [-0.25, -0.2) is 0 Å². The van der Waals surface area contributed by atoms with E-state index in [-0.39, 0.29) is 51.0 Å². The second-order valence-corrected chi connectivity index (χ2v) is 5.91. The van der Waals surface area contributed by atoms with Gasteiger partial charge in [-0.15, -0.1) is 33.4 Å². The summed E-state index contributed by atoms with van der Waals surface area (Å²) in [6.45, 7) is 4.38. The van der Waals surface area contributed by atoms with Gasteiger partial charge in [0, 0.05) is 0 Å². The third-order valence-electron chi connectivity index (χ3n) is 4.31. The minimum absolute atomic E-state index is 0. The molecule has 0 bridgehead atoms. The molecule has 1 radical (unpaired) electrons. The fourth-order valence-corrected chi connectivity index (χ4v) is 3.30. The van der Waals surface area contributed by atoms with E-state index >= 15 is 0 Å². The average molecular weight is 431 g/mol. The minimum atomic E-state index is 0. The van der Waals surface area contributed by atoms with Gasteiger partial charge < -0.3 is 24.8 Å². The van der Waals surface area contributed by atoms with Crippen LogP contribution in [0.3, 0.4) is 0 Å². The van der Waals surface area contributed by atoms with Crippen LogP contribution in [-0.2, 0) is 26.2 Å². The average Bonchev–Trinajstić information content (AvgIpc) is 3.13. The van der Waals surface area contributed by atoms with Crippen LogP contribution in [0.2, 0.25) is 0 Å². The maximum Gasteiger partial charge on any atom is 3.00 e. The molecule has 24 heavy (non-hydrogen) atoms. The van der Waals surface area contributed by atoms with Gasteiger partial charge in [0.05, 0.1) is 0 Å². The van der Waals surface area contributed by atoms with Crippen molar-refractivity contribution in [1.82, 2.24) is 0 Å². The first kappa shape index (κ1) is 21.2. The fourth-order valence-electron chi connectivity index (χ4n) is 3.30. The summed E-state index contributed by atoms with van der Waals surface area (Å²) in [5, 5.41) is 5.19. The molecule has 0 spiro atoms. The Labute approximate surface area is 174 Å². The molecular formula is C21H17Cl2Zr. The molecule has 3 heteroatoms. The Morgan fingerprint density at radius 2 is 1.71 bits per heavy atom. The van der Waals surface area contributed by atoms with Crippen molar-refractivity contribution >= 4 is 17.2 Å². The van der Waals surface area contributed by atoms with Crippen molar-refractivity contribution in [2.45, 2.75) is 20.3 Å². The van der Waals surface area contributed by atoms with Crippen LogP contribution in [0.4, 0.5) is 0 Å². The van der Waals surface area contributed by atoms with Gasteiger partial charge in [0.1, 0.15) is 0 Å². The Morgan fingerprint density at radius 1 is 0.958 bits per heavy atom. The molecule has 2 aromatic carbocycles. The quantitative estimate of drug-likeness (QED) is 0.375. The Hall–Kier alpha value is -0.877. The van der Waals surface area contributed by atoms with E-state index < -0.39 is 0 Å². The van der Waals surface area contributed by atoms with E-state index in [1.54, 1.807) is 0 Å². The van der Waals surface area contributed by atoms with Crippen molar-refractivity contribution in [3.05, 3.63) is 86.6 Å². The second kappa shape index (κ2) is 8.48. The molecule has 0 atom stereocenters. The van der Waals surface area contributed by atoms with Crippen molar-refractivity contribution in [1.29, 1.82) is 0 Å². The smallest absolute Gasteiger partial charge is 1.00 e. The third kappa shape index (κ3) is 3.40. The predicted octanol–water partition coefficient (Wildman–Crippen LogP) is -2.47. The summed E-state index contributed by atoms with van der Waals surface area (Å²) in [6.07, 6.45) is 11.3. The van der Waals surface area contributed by atoms with Crippen LogP contribution < -0.4 is 35.3 Å². The standard InChI is InChI=1S/C21H17.2ClH.Zr/c1-14(2)17-11-12-19-18-10-6-5-9-16(18)13-20(19)21(17)15-7-3-4-8-15;;;/h3-7,9-12H,8H2,1-2H3;2*1H;/q-1;;;+3/p-2. The van der Waals surface area contributed by atoms with Crippen molar-refractivity contribution in [3.8, 4) is 0 Å². The Morgan fingerprint density at radius 3 is 2.38 bits per heavy atom. The topological polar surface area (TPSA) is 0 Å². The molecular weight excluding hydrogens is 414 g/mol. The van der Waals surface area contributed by atoms with Gasteiger partial charge in [-0.3, -0.25) is 0 Å².